The second kappa shape index (κ2) is 7.86. The van der Waals surface area contributed by atoms with Gasteiger partial charge >= 0.3 is 6.09 Å². The van der Waals surface area contributed by atoms with E-state index in [0.717, 1.165) is 12.8 Å². The van der Waals surface area contributed by atoms with E-state index in [2.05, 4.69) is 17.6 Å². The van der Waals surface area contributed by atoms with Gasteiger partial charge in [0.1, 0.15) is 18.0 Å². The van der Waals surface area contributed by atoms with Crippen molar-refractivity contribution >= 4 is 35.4 Å². The zero-order valence-corrected chi connectivity index (χ0v) is 17.1. The van der Waals surface area contributed by atoms with E-state index in [-0.39, 0.29) is 48.2 Å². The Kier molecular flexibility index (Phi) is 5.40. The molecule has 1 atom stereocenters. The molecule has 0 bridgehead atoms. The van der Waals surface area contributed by atoms with Gasteiger partial charge in [-0.3, -0.25) is 19.7 Å². The minimum absolute atomic E-state index is 0.0220. The molecular weight excluding hydrogens is 417 g/mol. The molecule has 1 aromatic rings. The van der Waals surface area contributed by atoms with Gasteiger partial charge in [0.25, 0.3) is 5.91 Å². The lowest BCUT2D eigenvalue weighted by Gasteiger charge is -2.31. The van der Waals surface area contributed by atoms with Crippen molar-refractivity contribution in [1.29, 1.82) is 0 Å². The topological polar surface area (TPSA) is 105 Å². The first kappa shape index (κ1) is 20.6. The molecule has 2 heterocycles. The van der Waals surface area contributed by atoms with Crippen LogP contribution in [0.15, 0.2) is 6.07 Å². The zero-order chi connectivity index (χ0) is 21.6. The summed E-state index contributed by atoms with van der Waals surface area (Å²) in [5, 5.41) is 4.86. The summed E-state index contributed by atoms with van der Waals surface area (Å²) >= 11 is 6.28. The maximum absolute atomic E-state index is 15.1. The third-order valence-corrected chi connectivity index (χ3v) is 6.15. The molecule has 1 aliphatic carbocycles. The third-order valence-electron chi connectivity index (χ3n) is 5.81. The van der Waals surface area contributed by atoms with Gasteiger partial charge in [-0.15, -0.1) is 0 Å². The number of alkyl carbamates (subject to hydrolysis) is 1. The number of carbonyl (C=O) groups excluding carboxylic acids is 4. The van der Waals surface area contributed by atoms with Crippen molar-refractivity contribution in [3.05, 3.63) is 33.6 Å². The summed E-state index contributed by atoms with van der Waals surface area (Å²) in [6, 6.07) is 0.502. The number of piperidine rings is 1. The van der Waals surface area contributed by atoms with Gasteiger partial charge in [-0.1, -0.05) is 18.5 Å². The Balaban J connectivity index is 1.47. The van der Waals surface area contributed by atoms with Crippen LogP contribution in [0, 0.1) is 11.7 Å². The van der Waals surface area contributed by atoms with E-state index in [4.69, 9.17) is 16.3 Å². The van der Waals surface area contributed by atoms with Crippen molar-refractivity contribution in [2.24, 2.45) is 5.92 Å². The molecule has 2 aliphatic heterocycles. The molecule has 0 aromatic heterocycles. The number of ether oxygens (including phenoxy) is 1. The number of nitrogens with zero attached hydrogens (tertiary/aromatic N) is 1. The van der Waals surface area contributed by atoms with Crippen molar-refractivity contribution in [1.82, 2.24) is 15.5 Å². The Morgan fingerprint density at radius 2 is 2.10 bits per heavy atom. The maximum Gasteiger partial charge on any atom is 0.407 e. The summed E-state index contributed by atoms with van der Waals surface area (Å²) in [5.41, 5.74) is 0.139. The van der Waals surface area contributed by atoms with Gasteiger partial charge in [0.15, 0.2) is 0 Å². The standard InChI is InChI=1S/C20H21ClFN3O5/c1-9-4-11(5-9)30-20(29)23-7-10-6-13(21)12-8-25(19(28)16(12)17(10)22)14-2-3-15(26)24-18(14)27/h6,9,11,14H,2-5,7-8H2,1H3,(H,23,29)(H,24,26,27). The van der Waals surface area contributed by atoms with E-state index in [9.17, 15) is 19.2 Å². The molecule has 10 heteroatoms. The predicted molar refractivity (Wildman–Crippen MR) is 103 cm³/mol. The summed E-state index contributed by atoms with van der Waals surface area (Å²) in [6.07, 6.45) is 1.10. The molecule has 30 heavy (non-hydrogen) atoms. The molecule has 3 aliphatic rings. The molecule has 4 rings (SSSR count). The van der Waals surface area contributed by atoms with Gasteiger partial charge in [-0.05, 0) is 31.2 Å². The summed E-state index contributed by atoms with van der Waals surface area (Å²) < 4.78 is 20.3. The molecule has 1 unspecified atom stereocenters. The van der Waals surface area contributed by atoms with E-state index in [1.807, 2.05) is 0 Å². The number of benzene rings is 1. The summed E-state index contributed by atoms with van der Waals surface area (Å²) in [7, 11) is 0. The minimum atomic E-state index is -0.862. The number of halogens is 2. The highest BCUT2D eigenvalue weighted by Crippen LogP contribution is 2.35. The lowest BCUT2D eigenvalue weighted by atomic mass is 9.84. The second-order valence-corrected chi connectivity index (χ2v) is 8.45. The molecule has 0 radical (unpaired) electrons. The predicted octanol–water partition coefficient (Wildman–Crippen LogP) is 2.26. The number of amides is 4. The molecule has 1 saturated heterocycles. The van der Waals surface area contributed by atoms with Gasteiger partial charge in [-0.2, -0.15) is 0 Å². The van der Waals surface area contributed by atoms with E-state index >= 15 is 4.39 Å². The van der Waals surface area contributed by atoms with Gasteiger partial charge in [-0.25, -0.2) is 9.18 Å². The number of carbonyl (C=O) groups is 4. The quantitative estimate of drug-likeness (QED) is 0.703. The van der Waals surface area contributed by atoms with E-state index < -0.39 is 35.7 Å². The third kappa shape index (κ3) is 3.74. The number of imide groups is 1. The lowest BCUT2D eigenvalue weighted by Crippen LogP contribution is -2.52. The molecule has 160 valence electrons. The van der Waals surface area contributed by atoms with E-state index in [1.54, 1.807) is 0 Å². The van der Waals surface area contributed by atoms with E-state index in [1.165, 1.54) is 11.0 Å². The summed E-state index contributed by atoms with van der Waals surface area (Å²) in [4.78, 5) is 49.5. The van der Waals surface area contributed by atoms with Crippen LogP contribution in [0.2, 0.25) is 5.02 Å². The first-order valence-electron chi connectivity index (χ1n) is 9.83. The first-order chi connectivity index (χ1) is 14.2. The van der Waals surface area contributed by atoms with Crippen LogP contribution in [0.3, 0.4) is 0 Å². The summed E-state index contributed by atoms with van der Waals surface area (Å²) in [6.45, 7) is 1.85. The number of rotatable bonds is 4. The van der Waals surface area contributed by atoms with Gasteiger partial charge in [0.05, 0.1) is 5.56 Å². The molecule has 2 fully saturated rings. The van der Waals surface area contributed by atoms with Crippen molar-refractivity contribution in [3.8, 4) is 0 Å². The number of nitrogens with one attached hydrogen (secondary N) is 2. The molecule has 2 N–H and O–H groups in total. The Bertz CT molecular complexity index is 947. The number of hydrogen-bond acceptors (Lipinski definition) is 5. The largest absolute Gasteiger partial charge is 0.446 e. The van der Waals surface area contributed by atoms with Crippen molar-refractivity contribution in [2.45, 2.75) is 57.8 Å². The average molecular weight is 438 g/mol. The fourth-order valence-corrected chi connectivity index (χ4v) is 4.41. The second-order valence-electron chi connectivity index (χ2n) is 8.04. The fraction of sp³-hybridized carbons (Fsp3) is 0.500. The Hall–Kier alpha value is -2.68. The SMILES string of the molecule is CC1CC(OC(=O)NCc2cc(Cl)c3c(c2F)C(=O)N(C2CCC(=O)NC2=O)C3)C1. The maximum atomic E-state index is 15.1. The fourth-order valence-electron chi connectivity index (χ4n) is 4.12. The van der Waals surface area contributed by atoms with Gasteiger partial charge < -0.3 is 15.0 Å². The van der Waals surface area contributed by atoms with Crippen molar-refractivity contribution in [3.63, 3.8) is 0 Å². The molecule has 0 spiro atoms. The van der Waals surface area contributed by atoms with Crippen LogP contribution in [0.4, 0.5) is 9.18 Å². The van der Waals surface area contributed by atoms with Crippen LogP contribution < -0.4 is 10.6 Å². The van der Waals surface area contributed by atoms with Crippen molar-refractivity contribution in [2.75, 3.05) is 0 Å². The Morgan fingerprint density at radius 3 is 2.77 bits per heavy atom. The van der Waals surface area contributed by atoms with Crippen molar-refractivity contribution < 1.29 is 28.3 Å². The first-order valence-corrected chi connectivity index (χ1v) is 10.2. The normalized spacial score (nSPS) is 25.5. The lowest BCUT2D eigenvalue weighted by molar-refractivity contribution is -0.136. The number of hydrogen-bond donors (Lipinski definition) is 2. The van der Waals surface area contributed by atoms with Crippen LogP contribution in [-0.2, 0) is 27.4 Å². The Labute approximate surface area is 177 Å². The molecule has 4 amide bonds. The van der Waals surface area contributed by atoms with Gasteiger partial charge in [0.2, 0.25) is 11.8 Å². The molecule has 1 saturated carbocycles. The van der Waals surface area contributed by atoms with Crippen LogP contribution in [0.25, 0.3) is 0 Å². The molecule has 1 aromatic carbocycles. The van der Waals surface area contributed by atoms with Crippen LogP contribution in [0.5, 0.6) is 0 Å². The highest BCUT2D eigenvalue weighted by atomic mass is 35.5. The highest BCUT2D eigenvalue weighted by molar-refractivity contribution is 6.32. The minimum Gasteiger partial charge on any atom is -0.446 e. The van der Waals surface area contributed by atoms with Crippen LogP contribution in [0.1, 0.15) is 54.1 Å². The Morgan fingerprint density at radius 1 is 1.37 bits per heavy atom. The van der Waals surface area contributed by atoms with Crippen LogP contribution in [-0.4, -0.2) is 40.9 Å². The number of fused-ring (bicyclic) bond motifs is 1. The molecular formula is C20H21ClFN3O5. The highest BCUT2D eigenvalue weighted by Gasteiger charge is 2.42. The summed E-state index contributed by atoms with van der Waals surface area (Å²) in [5.74, 6) is -1.91. The van der Waals surface area contributed by atoms with Gasteiger partial charge in [0, 0.05) is 35.7 Å². The van der Waals surface area contributed by atoms with Crippen LogP contribution >= 0.6 is 11.6 Å². The van der Waals surface area contributed by atoms with E-state index in [0.29, 0.717) is 11.5 Å². The zero-order valence-electron chi connectivity index (χ0n) is 16.3. The smallest absolute Gasteiger partial charge is 0.407 e. The monoisotopic (exact) mass is 437 g/mol. The molecule has 8 nitrogen and oxygen atoms in total. The average Bonchev–Trinajstić information content (AvgIpc) is 3.00.